The summed E-state index contributed by atoms with van der Waals surface area (Å²) >= 11 is 0. The number of pyridine rings is 1. The molecule has 2 aromatic rings. The van der Waals surface area contributed by atoms with Crippen molar-refractivity contribution in [2.24, 2.45) is 0 Å². The number of hydrogen-bond donors (Lipinski definition) is 3. The highest BCUT2D eigenvalue weighted by atomic mass is 32.2. The first-order valence-corrected chi connectivity index (χ1v) is 7.06. The van der Waals surface area contributed by atoms with Crippen LogP contribution in [0.4, 0.5) is 0 Å². The van der Waals surface area contributed by atoms with Gasteiger partial charge in [-0.3, -0.25) is 10.1 Å². The van der Waals surface area contributed by atoms with Crippen molar-refractivity contribution in [3.8, 4) is 0 Å². The SMILES string of the molecule is Cc1[nH]nc(CO)c1S(=O)(=O)NCc1cccnc1. The maximum Gasteiger partial charge on any atom is 0.244 e. The van der Waals surface area contributed by atoms with Crippen LogP contribution in [0, 0.1) is 6.92 Å². The van der Waals surface area contributed by atoms with Crippen LogP contribution >= 0.6 is 0 Å². The summed E-state index contributed by atoms with van der Waals surface area (Å²) in [5, 5.41) is 15.4. The molecule has 0 atom stereocenters. The number of aromatic nitrogens is 3. The molecule has 0 aliphatic rings. The highest BCUT2D eigenvalue weighted by molar-refractivity contribution is 7.89. The van der Waals surface area contributed by atoms with Crippen molar-refractivity contribution in [1.82, 2.24) is 19.9 Å². The summed E-state index contributed by atoms with van der Waals surface area (Å²) in [5.74, 6) is 0. The smallest absolute Gasteiger partial charge is 0.244 e. The molecule has 0 saturated carbocycles. The fourth-order valence-corrected chi connectivity index (χ4v) is 3.06. The first kappa shape index (κ1) is 13.7. The first-order valence-electron chi connectivity index (χ1n) is 5.58. The van der Waals surface area contributed by atoms with E-state index in [0.29, 0.717) is 5.69 Å². The van der Waals surface area contributed by atoms with Crippen molar-refractivity contribution in [3.63, 3.8) is 0 Å². The van der Waals surface area contributed by atoms with E-state index in [1.807, 2.05) is 0 Å². The Morgan fingerprint density at radius 3 is 2.89 bits per heavy atom. The van der Waals surface area contributed by atoms with E-state index in [-0.39, 0.29) is 17.1 Å². The zero-order valence-corrected chi connectivity index (χ0v) is 11.1. The fourth-order valence-electron chi connectivity index (χ4n) is 1.69. The number of aromatic amines is 1. The molecule has 0 radical (unpaired) electrons. The third-order valence-corrected chi connectivity index (χ3v) is 4.17. The molecule has 19 heavy (non-hydrogen) atoms. The number of nitrogens with zero attached hydrogens (tertiary/aromatic N) is 2. The molecule has 0 bridgehead atoms. The van der Waals surface area contributed by atoms with Gasteiger partial charge in [-0.1, -0.05) is 6.07 Å². The zero-order valence-electron chi connectivity index (χ0n) is 10.3. The summed E-state index contributed by atoms with van der Waals surface area (Å²) in [7, 11) is -3.72. The van der Waals surface area contributed by atoms with Gasteiger partial charge in [0, 0.05) is 18.9 Å². The second-order valence-electron chi connectivity index (χ2n) is 3.97. The van der Waals surface area contributed by atoms with Crippen molar-refractivity contribution >= 4 is 10.0 Å². The number of rotatable bonds is 5. The second-order valence-corrected chi connectivity index (χ2v) is 5.67. The third kappa shape index (κ3) is 2.98. The van der Waals surface area contributed by atoms with Gasteiger partial charge < -0.3 is 5.11 Å². The lowest BCUT2D eigenvalue weighted by atomic mass is 10.3. The van der Waals surface area contributed by atoms with E-state index in [0.717, 1.165) is 5.56 Å². The minimum Gasteiger partial charge on any atom is -0.390 e. The van der Waals surface area contributed by atoms with Crippen LogP contribution in [0.1, 0.15) is 17.0 Å². The monoisotopic (exact) mass is 282 g/mol. The van der Waals surface area contributed by atoms with Gasteiger partial charge in [-0.25, -0.2) is 13.1 Å². The number of H-pyrrole nitrogens is 1. The fraction of sp³-hybridized carbons (Fsp3) is 0.273. The average molecular weight is 282 g/mol. The Labute approximate surface area is 110 Å². The predicted molar refractivity (Wildman–Crippen MR) is 67.5 cm³/mol. The molecule has 0 spiro atoms. The molecular weight excluding hydrogens is 268 g/mol. The molecule has 2 rings (SSSR count). The third-order valence-electron chi connectivity index (χ3n) is 2.57. The minimum absolute atomic E-state index is 0.00103. The molecular formula is C11H14N4O3S. The molecule has 0 amide bonds. The van der Waals surface area contributed by atoms with Crippen LogP contribution in [0.3, 0.4) is 0 Å². The minimum atomic E-state index is -3.72. The largest absolute Gasteiger partial charge is 0.390 e. The van der Waals surface area contributed by atoms with Gasteiger partial charge in [-0.15, -0.1) is 0 Å². The van der Waals surface area contributed by atoms with E-state index in [4.69, 9.17) is 5.11 Å². The summed E-state index contributed by atoms with van der Waals surface area (Å²) < 4.78 is 26.8. The number of sulfonamides is 1. The van der Waals surface area contributed by atoms with E-state index in [2.05, 4.69) is 19.9 Å². The lowest BCUT2D eigenvalue weighted by Crippen LogP contribution is -2.24. The van der Waals surface area contributed by atoms with Gasteiger partial charge in [0.1, 0.15) is 10.6 Å². The van der Waals surface area contributed by atoms with E-state index in [1.54, 1.807) is 31.5 Å². The van der Waals surface area contributed by atoms with Crippen LogP contribution < -0.4 is 4.72 Å². The lowest BCUT2D eigenvalue weighted by molar-refractivity contribution is 0.273. The van der Waals surface area contributed by atoms with Gasteiger partial charge in [-0.2, -0.15) is 5.10 Å². The molecule has 0 unspecified atom stereocenters. The highest BCUT2D eigenvalue weighted by Gasteiger charge is 2.23. The summed E-state index contributed by atoms with van der Waals surface area (Å²) in [6.45, 7) is 1.28. The van der Waals surface area contributed by atoms with E-state index in [9.17, 15) is 8.42 Å². The molecule has 2 heterocycles. The van der Waals surface area contributed by atoms with Crippen molar-refractivity contribution < 1.29 is 13.5 Å². The molecule has 102 valence electrons. The average Bonchev–Trinajstić information content (AvgIpc) is 2.80. The standard InChI is InChI=1S/C11H14N4O3S/c1-8-11(10(7-16)15-14-8)19(17,18)13-6-9-3-2-4-12-5-9/h2-5,13,16H,6-7H2,1H3,(H,14,15). The second kappa shape index (κ2) is 5.47. The molecule has 0 aromatic carbocycles. The van der Waals surface area contributed by atoms with Gasteiger partial charge in [-0.05, 0) is 18.6 Å². The maximum absolute atomic E-state index is 12.2. The molecule has 0 saturated heterocycles. The predicted octanol–water partition coefficient (Wildman–Crippen LogP) is 0.0839. The first-order chi connectivity index (χ1) is 9.04. The Morgan fingerprint density at radius 1 is 1.47 bits per heavy atom. The van der Waals surface area contributed by atoms with Gasteiger partial charge in [0.2, 0.25) is 10.0 Å². The molecule has 0 aliphatic heterocycles. The molecule has 0 aliphatic carbocycles. The van der Waals surface area contributed by atoms with Crippen molar-refractivity contribution in [2.75, 3.05) is 0 Å². The summed E-state index contributed by atoms with van der Waals surface area (Å²) in [4.78, 5) is 3.91. The number of aliphatic hydroxyl groups is 1. The van der Waals surface area contributed by atoms with Crippen LogP contribution in [0.2, 0.25) is 0 Å². The van der Waals surface area contributed by atoms with Crippen LogP contribution in [0.5, 0.6) is 0 Å². The topological polar surface area (TPSA) is 108 Å². The molecule has 8 heteroatoms. The van der Waals surface area contributed by atoms with Gasteiger partial charge in [0.15, 0.2) is 0 Å². The number of aryl methyl sites for hydroxylation is 1. The van der Waals surface area contributed by atoms with E-state index < -0.39 is 16.6 Å². The normalized spacial score (nSPS) is 11.7. The van der Waals surface area contributed by atoms with Crippen molar-refractivity contribution in [1.29, 1.82) is 0 Å². The van der Waals surface area contributed by atoms with Gasteiger partial charge in [0.25, 0.3) is 0 Å². The quantitative estimate of drug-likeness (QED) is 0.720. The van der Waals surface area contributed by atoms with Crippen LogP contribution in [0.25, 0.3) is 0 Å². The Bertz CT molecular complexity index is 652. The summed E-state index contributed by atoms with van der Waals surface area (Å²) in [6, 6.07) is 3.50. The lowest BCUT2D eigenvalue weighted by Gasteiger charge is -2.07. The maximum atomic E-state index is 12.2. The number of nitrogens with one attached hydrogen (secondary N) is 2. The molecule has 2 aromatic heterocycles. The molecule has 0 fully saturated rings. The number of aliphatic hydroxyl groups excluding tert-OH is 1. The zero-order chi connectivity index (χ0) is 13.9. The number of hydrogen-bond acceptors (Lipinski definition) is 5. The van der Waals surface area contributed by atoms with Gasteiger partial charge >= 0.3 is 0 Å². The Morgan fingerprint density at radius 2 is 2.26 bits per heavy atom. The van der Waals surface area contributed by atoms with Crippen molar-refractivity contribution in [2.45, 2.75) is 25.0 Å². The Balaban J connectivity index is 2.21. The van der Waals surface area contributed by atoms with Crippen LogP contribution in [-0.2, 0) is 23.2 Å². The van der Waals surface area contributed by atoms with Crippen LogP contribution in [0.15, 0.2) is 29.4 Å². The Hall–Kier alpha value is -1.77. The molecule has 3 N–H and O–H groups in total. The highest BCUT2D eigenvalue weighted by Crippen LogP contribution is 2.17. The van der Waals surface area contributed by atoms with E-state index in [1.165, 1.54) is 0 Å². The summed E-state index contributed by atoms with van der Waals surface area (Å²) in [6.07, 6.45) is 3.19. The Kier molecular flexibility index (Phi) is 3.93. The van der Waals surface area contributed by atoms with E-state index >= 15 is 0 Å². The van der Waals surface area contributed by atoms with Crippen molar-refractivity contribution in [3.05, 3.63) is 41.5 Å². The molecule has 7 nitrogen and oxygen atoms in total. The summed E-state index contributed by atoms with van der Waals surface area (Å²) in [5.41, 5.74) is 1.25. The van der Waals surface area contributed by atoms with Crippen LogP contribution in [-0.4, -0.2) is 28.7 Å². The van der Waals surface area contributed by atoms with Gasteiger partial charge in [0.05, 0.1) is 12.3 Å².